The minimum atomic E-state index is -0.124. The number of aromatic nitrogens is 1. The summed E-state index contributed by atoms with van der Waals surface area (Å²) < 4.78 is 1.60. The van der Waals surface area contributed by atoms with Crippen molar-refractivity contribution in [3.05, 3.63) is 58.5 Å². The van der Waals surface area contributed by atoms with E-state index in [1.165, 1.54) is 6.07 Å². The van der Waals surface area contributed by atoms with Crippen LogP contribution in [-0.4, -0.2) is 10.5 Å². The van der Waals surface area contributed by atoms with Crippen LogP contribution in [0.4, 0.5) is 11.4 Å². The van der Waals surface area contributed by atoms with E-state index in [4.69, 9.17) is 5.73 Å². The van der Waals surface area contributed by atoms with Crippen LogP contribution in [0.3, 0.4) is 0 Å². The predicted molar refractivity (Wildman–Crippen MR) is 84.2 cm³/mol. The molecule has 0 saturated heterocycles. The van der Waals surface area contributed by atoms with Crippen molar-refractivity contribution in [1.29, 1.82) is 0 Å². The van der Waals surface area contributed by atoms with Gasteiger partial charge in [-0.3, -0.25) is 9.59 Å². The van der Waals surface area contributed by atoms with Crippen LogP contribution < -0.4 is 16.6 Å². The maximum Gasteiger partial charge on any atom is 0.250 e. The van der Waals surface area contributed by atoms with Crippen molar-refractivity contribution < 1.29 is 4.79 Å². The Kier molecular flexibility index (Phi) is 4.77. The lowest BCUT2D eigenvalue weighted by molar-refractivity contribution is -0.115. The van der Waals surface area contributed by atoms with Crippen molar-refractivity contribution in [1.82, 2.24) is 4.57 Å². The standard InChI is InChI=1S/C16H19N3O2/c1-2-9-19-11-14(7-8-16(19)21)18-15(20)10-12-3-5-13(17)6-4-12/h3-8,11H,2,9-10,17H2,1H3,(H,18,20). The molecule has 5 heteroatoms. The number of anilines is 2. The van der Waals surface area contributed by atoms with Crippen LogP contribution in [-0.2, 0) is 17.8 Å². The molecule has 0 unspecified atom stereocenters. The molecule has 0 aliphatic carbocycles. The molecule has 1 aromatic heterocycles. The van der Waals surface area contributed by atoms with Gasteiger partial charge in [0, 0.05) is 24.5 Å². The first-order chi connectivity index (χ1) is 10.1. The summed E-state index contributed by atoms with van der Waals surface area (Å²) in [5.74, 6) is -0.124. The number of rotatable bonds is 5. The van der Waals surface area contributed by atoms with Gasteiger partial charge in [-0.05, 0) is 30.2 Å². The van der Waals surface area contributed by atoms with Gasteiger partial charge in [0.1, 0.15) is 0 Å². The zero-order chi connectivity index (χ0) is 15.2. The minimum Gasteiger partial charge on any atom is -0.399 e. The van der Waals surface area contributed by atoms with E-state index in [0.29, 0.717) is 17.9 Å². The summed E-state index contributed by atoms with van der Waals surface area (Å²) in [7, 11) is 0. The molecular formula is C16H19N3O2. The van der Waals surface area contributed by atoms with Crippen LogP contribution in [0.25, 0.3) is 0 Å². The van der Waals surface area contributed by atoms with Crippen LogP contribution >= 0.6 is 0 Å². The Morgan fingerprint density at radius 3 is 2.57 bits per heavy atom. The second-order valence-electron chi connectivity index (χ2n) is 4.92. The number of nitrogens with two attached hydrogens (primary N) is 1. The summed E-state index contributed by atoms with van der Waals surface area (Å²) in [5.41, 5.74) is 7.74. The molecule has 0 radical (unpaired) electrons. The lowest BCUT2D eigenvalue weighted by Gasteiger charge is -2.09. The summed E-state index contributed by atoms with van der Waals surface area (Å²) >= 11 is 0. The minimum absolute atomic E-state index is 0.0617. The van der Waals surface area contributed by atoms with E-state index in [9.17, 15) is 9.59 Å². The van der Waals surface area contributed by atoms with Crippen molar-refractivity contribution in [2.75, 3.05) is 11.1 Å². The highest BCUT2D eigenvalue weighted by Gasteiger charge is 2.05. The number of benzene rings is 1. The molecule has 110 valence electrons. The quantitative estimate of drug-likeness (QED) is 0.825. The number of amides is 1. The van der Waals surface area contributed by atoms with E-state index in [-0.39, 0.29) is 17.9 Å². The molecule has 3 N–H and O–H groups in total. The van der Waals surface area contributed by atoms with Gasteiger partial charge >= 0.3 is 0 Å². The number of pyridine rings is 1. The number of nitrogen functional groups attached to an aromatic ring is 1. The van der Waals surface area contributed by atoms with E-state index in [1.54, 1.807) is 29.0 Å². The van der Waals surface area contributed by atoms with E-state index in [2.05, 4.69) is 5.32 Å². The van der Waals surface area contributed by atoms with Gasteiger partial charge < -0.3 is 15.6 Å². The average molecular weight is 285 g/mol. The van der Waals surface area contributed by atoms with Gasteiger partial charge in [-0.15, -0.1) is 0 Å². The van der Waals surface area contributed by atoms with Crippen molar-refractivity contribution in [2.24, 2.45) is 0 Å². The predicted octanol–water partition coefficient (Wildman–Crippen LogP) is 2.02. The highest BCUT2D eigenvalue weighted by molar-refractivity contribution is 5.92. The number of nitrogens with one attached hydrogen (secondary N) is 1. The molecule has 1 amide bonds. The Hall–Kier alpha value is -2.56. The Balaban J connectivity index is 2.04. The summed E-state index contributed by atoms with van der Waals surface area (Å²) in [6.45, 7) is 2.64. The molecule has 1 heterocycles. The monoisotopic (exact) mass is 285 g/mol. The zero-order valence-electron chi connectivity index (χ0n) is 12.0. The number of aryl methyl sites for hydroxylation is 1. The largest absolute Gasteiger partial charge is 0.399 e. The Bertz CT molecular complexity index is 675. The first kappa shape index (κ1) is 14.8. The topological polar surface area (TPSA) is 77.1 Å². The van der Waals surface area contributed by atoms with Gasteiger partial charge in [0.05, 0.1) is 12.1 Å². The molecule has 0 aliphatic heterocycles. The SMILES string of the molecule is CCCn1cc(NC(=O)Cc2ccc(N)cc2)ccc1=O. The first-order valence-corrected chi connectivity index (χ1v) is 6.93. The fourth-order valence-corrected chi connectivity index (χ4v) is 2.05. The van der Waals surface area contributed by atoms with Gasteiger partial charge in [0.15, 0.2) is 0 Å². The molecule has 0 spiro atoms. The summed E-state index contributed by atoms with van der Waals surface area (Å²) in [5, 5.41) is 2.80. The van der Waals surface area contributed by atoms with Crippen molar-refractivity contribution in [2.45, 2.75) is 26.3 Å². The van der Waals surface area contributed by atoms with E-state index in [1.807, 2.05) is 19.1 Å². The fourth-order valence-electron chi connectivity index (χ4n) is 2.05. The normalized spacial score (nSPS) is 10.3. The van der Waals surface area contributed by atoms with Crippen LogP contribution in [0.1, 0.15) is 18.9 Å². The van der Waals surface area contributed by atoms with Crippen LogP contribution in [0.15, 0.2) is 47.4 Å². The Morgan fingerprint density at radius 1 is 1.19 bits per heavy atom. The molecule has 0 fully saturated rings. The van der Waals surface area contributed by atoms with Crippen LogP contribution in [0.2, 0.25) is 0 Å². The van der Waals surface area contributed by atoms with Gasteiger partial charge in [0.25, 0.3) is 5.56 Å². The third kappa shape index (κ3) is 4.21. The molecular weight excluding hydrogens is 266 g/mol. The third-order valence-corrected chi connectivity index (χ3v) is 3.08. The van der Waals surface area contributed by atoms with Crippen LogP contribution in [0, 0.1) is 0 Å². The molecule has 0 atom stereocenters. The van der Waals surface area contributed by atoms with E-state index in [0.717, 1.165) is 12.0 Å². The number of hydrogen-bond donors (Lipinski definition) is 2. The van der Waals surface area contributed by atoms with Crippen molar-refractivity contribution in [3.8, 4) is 0 Å². The molecule has 2 rings (SSSR count). The van der Waals surface area contributed by atoms with Crippen molar-refractivity contribution in [3.63, 3.8) is 0 Å². The summed E-state index contributed by atoms with van der Waals surface area (Å²) in [6.07, 6.45) is 2.81. The van der Waals surface area contributed by atoms with Gasteiger partial charge in [-0.25, -0.2) is 0 Å². The number of nitrogens with zero attached hydrogens (tertiary/aromatic N) is 1. The number of carbonyl (C=O) groups is 1. The number of hydrogen-bond acceptors (Lipinski definition) is 3. The molecule has 1 aromatic carbocycles. The fraction of sp³-hybridized carbons (Fsp3) is 0.250. The number of carbonyl (C=O) groups excluding carboxylic acids is 1. The van der Waals surface area contributed by atoms with Crippen molar-refractivity contribution >= 4 is 17.3 Å². The molecule has 21 heavy (non-hydrogen) atoms. The lowest BCUT2D eigenvalue weighted by atomic mass is 10.1. The van der Waals surface area contributed by atoms with E-state index >= 15 is 0 Å². The first-order valence-electron chi connectivity index (χ1n) is 6.93. The van der Waals surface area contributed by atoms with Gasteiger partial charge in [-0.2, -0.15) is 0 Å². The zero-order valence-corrected chi connectivity index (χ0v) is 12.0. The highest BCUT2D eigenvalue weighted by atomic mass is 16.1. The molecule has 2 aromatic rings. The lowest BCUT2D eigenvalue weighted by Crippen LogP contribution is -2.21. The Labute approximate surface area is 123 Å². The second-order valence-corrected chi connectivity index (χ2v) is 4.92. The second kappa shape index (κ2) is 6.74. The molecule has 0 saturated carbocycles. The summed E-state index contributed by atoms with van der Waals surface area (Å²) in [4.78, 5) is 23.6. The maximum atomic E-state index is 12.0. The van der Waals surface area contributed by atoms with E-state index < -0.39 is 0 Å². The molecule has 5 nitrogen and oxygen atoms in total. The van der Waals surface area contributed by atoms with Gasteiger partial charge in [0.2, 0.25) is 5.91 Å². The summed E-state index contributed by atoms with van der Waals surface area (Å²) in [6, 6.07) is 10.3. The molecule has 0 bridgehead atoms. The maximum absolute atomic E-state index is 12.0. The Morgan fingerprint density at radius 2 is 1.90 bits per heavy atom. The highest BCUT2D eigenvalue weighted by Crippen LogP contribution is 2.09. The molecule has 0 aliphatic rings. The third-order valence-electron chi connectivity index (χ3n) is 3.08. The average Bonchev–Trinajstić information content (AvgIpc) is 2.45. The van der Waals surface area contributed by atoms with Crippen LogP contribution in [0.5, 0.6) is 0 Å². The smallest absolute Gasteiger partial charge is 0.250 e. The van der Waals surface area contributed by atoms with Gasteiger partial charge in [-0.1, -0.05) is 19.1 Å².